The Morgan fingerprint density at radius 3 is 2.67 bits per heavy atom. The number of alkyl halides is 3. The first kappa shape index (κ1) is 19.3. The Labute approximate surface area is 155 Å². The zero-order chi connectivity index (χ0) is 19.8. The normalized spacial score (nSPS) is 18.0. The number of benzene rings is 1. The van der Waals surface area contributed by atoms with Crippen LogP contribution in [0.3, 0.4) is 0 Å². The van der Waals surface area contributed by atoms with Crippen LogP contribution in [0.5, 0.6) is 0 Å². The minimum atomic E-state index is -4.47. The smallest absolute Gasteiger partial charge is 0.418 e. The van der Waals surface area contributed by atoms with Crippen LogP contribution in [0.15, 0.2) is 30.5 Å². The Balaban J connectivity index is 1.78. The van der Waals surface area contributed by atoms with E-state index in [1.807, 2.05) is 0 Å². The van der Waals surface area contributed by atoms with E-state index in [-0.39, 0.29) is 17.7 Å². The Kier molecular flexibility index (Phi) is 4.92. The molecular weight excluding hydrogens is 359 g/mol. The molecule has 3 rings (SSSR count). The zero-order valence-corrected chi connectivity index (χ0v) is 15.4. The molecule has 1 aliphatic heterocycles. The number of carbonyl (C=O) groups is 1. The average Bonchev–Trinajstić information content (AvgIpc) is 3.01. The number of likely N-dealkylation sites (tertiary alicyclic amines) is 1. The summed E-state index contributed by atoms with van der Waals surface area (Å²) in [7, 11) is 0. The highest BCUT2D eigenvalue weighted by Gasteiger charge is 2.34. The lowest BCUT2D eigenvalue weighted by molar-refractivity contribution is -0.136. The second-order valence-corrected chi connectivity index (χ2v) is 7.61. The maximum absolute atomic E-state index is 13.2. The van der Waals surface area contributed by atoms with Crippen molar-refractivity contribution in [2.75, 3.05) is 18.4 Å². The number of ether oxygens (including phenoxy) is 1. The zero-order valence-electron chi connectivity index (χ0n) is 15.4. The van der Waals surface area contributed by atoms with Crippen LogP contribution in [0.1, 0.15) is 32.8 Å². The van der Waals surface area contributed by atoms with Gasteiger partial charge in [0.1, 0.15) is 5.60 Å². The summed E-state index contributed by atoms with van der Waals surface area (Å²) in [5.41, 5.74) is -0.845. The molecule has 0 aliphatic carbocycles. The maximum Gasteiger partial charge on any atom is 0.418 e. The highest BCUT2D eigenvalue weighted by molar-refractivity contribution is 5.93. The van der Waals surface area contributed by atoms with Gasteiger partial charge in [-0.2, -0.15) is 13.2 Å². The maximum atomic E-state index is 13.2. The van der Waals surface area contributed by atoms with Crippen molar-refractivity contribution in [3.8, 4) is 0 Å². The Bertz CT molecular complexity index is 846. The molecule has 0 saturated carbocycles. The van der Waals surface area contributed by atoms with Crippen molar-refractivity contribution in [3.63, 3.8) is 0 Å². The number of hydrogen-bond donors (Lipinski definition) is 1. The molecule has 1 aromatic heterocycles. The van der Waals surface area contributed by atoms with Gasteiger partial charge in [-0.05, 0) is 51.5 Å². The van der Waals surface area contributed by atoms with E-state index in [0.717, 1.165) is 6.07 Å². The molecular formula is C19H22F3N3O2. The largest absolute Gasteiger partial charge is 0.444 e. The molecule has 146 valence electrons. The minimum absolute atomic E-state index is 0.0716. The Morgan fingerprint density at radius 2 is 2.00 bits per heavy atom. The predicted molar refractivity (Wildman–Crippen MR) is 96.6 cm³/mol. The summed E-state index contributed by atoms with van der Waals surface area (Å²) in [5.74, 6) is 0. The fourth-order valence-corrected chi connectivity index (χ4v) is 3.12. The summed E-state index contributed by atoms with van der Waals surface area (Å²) in [6.45, 7) is 6.37. The number of nitrogens with zero attached hydrogens (tertiary/aromatic N) is 2. The van der Waals surface area contributed by atoms with Gasteiger partial charge >= 0.3 is 12.3 Å². The van der Waals surface area contributed by atoms with Crippen molar-refractivity contribution >= 4 is 22.7 Å². The number of carbonyl (C=O) groups excluding carboxylic acids is 1. The molecule has 1 N–H and O–H groups in total. The van der Waals surface area contributed by atoms with Gasteiger partial charge in [-0.1, -0.05) is 0 Å². The monoisotopic (exact) mass is 381 g/mol. The Hall–Kier alpha value is -2.51. The fourth-order valence-electron chi connectivity index (χ4n) is 3.12. The van der Waals surface area contributed by atoms with Crippen LogP contribution in [0, 0.1) is 0 Å². The second kappa shape index (κ2) is 6.90. The van der Waals surface area contributed by atoms with Crippen molar-refractivity contribution in [2.24, 2.45) is 0 Å². The van der Waals surface area contributed by atoms with Crippen molar-refractivity contribution in [3.05, 3.63) is 36.0 Å². The van der Waals surface area contributed by atoms with E-state index in [1.54, 1.807) is 37.8 Å². The van der Waals surface area contributed by atoms with Gasteiger partial charge in [-0.3, -0.25) is 4.98 Å². The first-order valence-electron chi connectivity index (χ1n) is 8.74. The van der Waals surface area contributed by atoms with Gasteiger partial charge in [0.15, 0.2) is 0 Å². The highest BCUT2D eigenvalue weighted by atomic mass is 19.4. The number of hydrogen-bond acceptors (Lipinski definition) is 4. The summed E-state index contributed by atoms with van der Waals surface area (Å²) < 4.78 is 45.0. The van der Waals surface area contributed by atoms with E-state index < -0.39 is 17.3 Å². The van der Waals surface area contributed by atoms with Crippen LogP contribution in [0.4, 0.5) is 23.7 Å². The summed E-state index contributed by atoms with van der Waals surface area (Å²) in [6, 6.07) is 5.61. The van der Waals surface area contributed by atoms with Crippen molar-refractivity contribution < 1.29 is 22.7 Å². The SMILES string of the molecule is CC(C)(C)OC(=O)N1CC[C@H](Nc2ccc(C(F)(F)F)c3ncccc23)C1. The van der Waals surface area contributed by atoms with Crippen LogP contribution in [-0.2, 0) is 10.9 Å². The van der Waals surface area contributed by atoms with Gasteiger partial charge in [0, 0.05) is 36.4 Å². The van der Waals surface area contributed by atoms with Crippen molar-refractivity contribution in [2.45, 2.75) is 45.0 Å². The molecule has 8 heteroatoms. The molecule has 1 amide bonds. The molecule has 0 bridgehead atoms. The summed E-state index contributed by atoms with van der Waals surface area (Å²) in [6.07, 6.45) is -2.82. The first-order chi connectivity index (χ1) is 12.5. The molecule has 1 fully saturated rings. The average molecular weight is 381 g/mol. The number of halogens is 3. The van der Waals surface area contributed by atoms with Gasteiger partial charge in [0.2, 0.25) is 0 Å². The number of nitrogens with one attached hydrogen (secondary N) is 1. The minimum Gasteiger partial charge on any atom is -0.444 e. The number of fused-ring (bicyclic) bond motifs is 1. The lowest BCUT2D eigenvalue weighted by Crippen LogP contribution is -2.36. The van der Waals surface area contributed by atoms with E-state index in [2.05, 4.69) is 10.3 Å². The standard InChI is InChI=1S/C19H22F3N3O2/c1-18(2,3)27-17(26)25-10-8-12(11-25)24-15-7-6-14(19(20,21)22)16-13(15)5-4-9-23-16/h4-7,9,12,24H,8,10-11H2,1-3H3/t12-/m0/s1. The summed E-state index contributed by atoms with van der Waals surface area (Å²) >= 11 is 0. The van der Waals surface area contributed by atoms with Crippen molar-refractivity contribution in [1.29, 1.82) is 0 Å². The first-order valence-corrected chi connectivity index (χ1v) is 8.74. The van der Waals surface area contributed by atoms with Gasteiger partial charge in [-0.25, -0.2) is 4.79 Å². The number of rotatable bonds is 2. The van der Waals surface area contributed by atoms with E-state index in [9.17, 15) is 18.0 Å². The lowest BCUT2D eigenvalue weighted by Gasteiger charge is -2.24. The van der Waals surface area contributed by atoms with Crippen LogP contribution < -0.4 is 5.32 Å². The molecule has 0 spiro atoms. The lowest BCUT2D eigenvalue weighted by atomic mass is 10.1. The summed E-state index contributed by atoms with van der Waals surface area (Å²) in [4.78, 5) is 17.7. The second-order valence-electron chi connectivity index (χ2n) is 7.61. The molecule has 1 aromatic carbocycles. The van der Waals surface area contributed by atoms with Crippen molar-refractivity contribution in [1.82, 2.24) is 9.88 Å². The van der Waals surface area contributed by atoms with Crippen LogP contribution in [0.25, 0.3) is 10.9 Å². The van der Waals surface area contributed by atoms with Gasteiger partial charge in [-0.15, -0.1) is 0 Å². The number of amides is 1. The molecule has 1 saturated heterocycles. The predicted octanol–water partition coefficient (Wildman–Crippen LogP) is 4.67. The third-order valence-corrected chi connectivity index (χ3v) is 4.27. The number of pyridine rings is 1. The third-order valence-electron chi connectivity index (χ3n) is 4.27. The van der Waals surface area contributed by atoms with E-state index >= 15 is 0 Å². The molecule has 1 aliphatic rings. The summed E-state index contributed by atoms with van der Waals surface area (Å²) in [5, 5.41) is 3.66. The number of aromatic nitrogens is 1. The molecule has 27 heavy (non-hydrogen) atoms. The third kappa shape index (κ3) is 4.43. The van der Waals surface area contributed by atoms with E-state index in [4.69, 9.17) is 4.74 Å². The van der Waals surface area contributed by atoms with Crippen LogP contribution in [-0.4, -0.2) is 40.7 Å². The topological polar surface area (TPSA) is 54.5 Å². The highest BCUT2D eigenvalue weighted by Crippen LogP contribution is 2.36. The molecule has 2 heterocycles. The van der Waals surface area contributed by atoms with Crippen LogP contribution in [0.2, 0.25) is 0 Å². The molecule has 0 radical (unpaired) electrons. The van der Waals surface area contributed by atoms with Gasteiger partial charge in [0.25, 0.3) is 0 Å². The quantitative estimate of drug-likeness (QED) is 0.821. The molecule has 5 nitrogen and oxygen atoms in total. The van der Waals surface area contributed by atoms with E-state index in [0.29, 0.717) is 30.6 Å². The molecule has 0 unspecified atom stereocenters. The fraction of sp³-hybridized carbons (Fsp3) is 0.474. The van der Waals surface area contributed by atoms with E-state index in [1.165, 1.54) is 12.3 Å². The molecule has 2 aromatic rings. The van der Waals surface area contributed by atoms with Gasteiger partial charge in [0.05, 0.1) is 11.1 Å². The molecule has 1 atom stereocenters. The Morgan fingerprint density at radius 1 is 1.26 bits per heavy atom. The number of anilines is 1. The van der Waals surface area contributed by atoms with Crippen LogP contribution >= 0.6 is 0 Å². The van der Waals surface area contributed by atoms with Gasteiger partial charge < -0.3 is 15.0 Å².